The third kappa shape index (κ3) is 3.94. The quantitative estimate of drug-likeness (QED) is 0.621. The number of thiophene rings is 1. The molecule has 0 saturated heterocycles. The molecule has 0 spiro atoms. The van der Waals surface area contributed by atoms with Crippen molar-refractivity contribution in [3.8, 4) is 0 Å². The molecule has 0 saturated carbocycles. The summed E-state index contributed by atoms with van der Waals surface area (Å²) >= 11 is 7.55. The van der Waals surface area contributed by atoms with Gasteiger partial charge in [-0.1, -0.05) is 29.8 Å². The number of benzene rings is 1. The number of methoxy groups -OCH3 is 1. The lowest BCUT2D eigenvalue weighted by molar-refractivity contribution is -0.111. The van der Waals surface area contributed by atoms with E-state index in [0.29, 0.717) is 15.6 Å². The zero-order valence-corrected chi connectivity index (χ0v) is 15.4. The van der Waals surface area contributed by atoms with Gasteiger partial charge in [0.15, 0.2) is 0 Å². The zero-order chi connectivity index (χ0) is 17.8. The van der Waals surface area contributed by atoms with Crippen LogP contribution in [0.5, 0.6) is 0 Å². The predicted octanol–water partition coefficient (Wildman–Crippen LogP) is 4.72. The number of fused-ring (bicyclic) bond motifs is 1. The molecule has 1 aromatic carbocycles. The van der Waals surface area contributed by atoms with Gasteiger partial charge in [0.2, 0.25) is 5.91 Å². The number of anilines is 1. The summed E-state index contributed by atoms with van der Waals surface area (Å²) in [5.74, 6) is -0.701. The molecule has 2 aromatic rings. The number of aryl methyl sites for hydroxylation is 1. The molecule has 1 amide bonds. The number of esters is 1. The fourth-order valence-electron chi connectivity index (χ4n) is 2.90. The van der Waals surface area contributed by atoms with Gasteiger partial charge in [-0.15, -0.1) is 11.3 Å². The van der Waals surface area contributed by atoms with Gasteiger partial charge in [0.1, 0.15) is 5.00 Å². The number of carbonyl (C=O) groups excluding carboxylic acids is 2. The Balaban J connectivity index is 1.82. The van der Waals surface area contributed by atoms with E-state index in [0.717, 1.165) is 41.7 Å². The van der Waals surface area contributed by atoms with E-state index in [2.05, 4.69) is 5.32 Å². The highest BCUT2D eigenvalue weighted by molar-refractivity contribution is 7.17. The highest BCUT2D eigenvalue weighted by Crippen LogP contribution is 2.38. The average molecular weight is 376 g/mol. The maximum Gasteiger partial charge on any atom is 0.341 e. The molecule has 130 valence electrons. The number of rotatable bonds is 4. The molecule has 25 heavy (non-hydrogen) atoms. The molecule has 1 aliphatic rings. The first kappa shape index (κ1) is 17.7. The second kappa shape index (κ2) is 7.85. The molecule has 6 heteroatoms. The Hall–Kier alpha value is -2.11. The second-order valence-electron chi connectivity index (χ2n) is 5.75. The summed E-state index contributed by atoms with van der Waals surface area (Å²) in [5, 5.41) is 3.96. The van der Waals surface area contributed by atoms with Crippen molar-refractivity contribution < 1.29 is 14.3 Å². The lowest BCUT2D eigenvalue weighted by atomic mass is 9.95. The number of ether oxygens (including phenoxy) is 1. The Morgan fingerprint density at radius 1 is 1.24 bits per heavy atom. The maximum atomic E-state index is 12.3. The van der Waals surface area contributed by atoms with E-state index >= 15 is 0 Å². The van der Waals surface area contributed by atoms with E-state index < -0.39 is 5.97 Å². The highest BCUT2D eigenvalue weighted by atomic mass is 35.5. The van der Waals surface area contributed by atoms with Crippen LogP contribution in [-0.2, 0) is 22.4 Å². The standard InChI is InChI=1S/C19H18ClNO3S/c1-24-19(23)17-13-7-3-5-9-15(13)25-18(17)21-16(22)11-10-12-6-2-4-8-14(12)20/h2,4,6,8,10-11H,3,5,7,9H2,1H3,(H,21,22)/b11-10+. The van der Waals surface area contributed by atoms with E-state index in [9.17, 15) is 9.59 Å². The van der Waals surface area contributed by atoms with Crippen LogP contribution in [0.3, 0.4) is 0 Å². The minimum Gasteiger partial charge on any atom is -0.465 e. The Kier molecular flexibility index (Phi) is 5.56. The summed E-state index contributed by atoms with van der Waals surface area (Å²) in [7, 11) is 1.36. The van der Waals surface area contributed by atoms with Crippen LogP contribution in [0.4, 0.5) is 5.00 Å². The monoisotopic (exact) mass is 375 g/mol. The van der Waals surface area contributed by atoms with Crippen LogP contribution in [-0.4, -0.2) is 19.0 Å². The van der Waals surface area contributed by atoms with E-state index in [4.69, 9.17) is 16.3 Å². The molecule has 1 N–H and O–H groups in total. The Morgan fingerprint density at radius 3 is 2.76 bits per heavy atom. The normalized spacial score (nSPS) is 13.5. The Morgan fingerprint density at radius 2 is 2.00 bits per heavy atom. The van der Waals surface area contributed by atoms with Crippen LogP contribution < -0.4 is 5.32 Å². The van der Waals surface area contributed by atoms with E-state index in [1.54, 1.807) is 12.1 Å². The van der Waals surface area contributed by atoms with Gasteiger partial charge in [0.25, 0.3) is 0 Å². The minimum absolute atomic E-state index is 0.302. The van der Waals surface area contributed by atoms with Crippen molar-refractivity contribution in [1.29, 1.82) is 0 Å². The van der Waals surface area contributed by atoms with Crippen LogP contribution in [0.1, 0.15) is 39.2 Å². The SMILES string of the molecule is COC(=O)c1c(NC(=O)/C=C/c2ccccc2Cl)sc2c1CCCC2. The molecule has 3 rings (SSSR count). The van der Waals surface area contributed by atoms with Crippen molar-refractivity contribution in [2.24, 2.45) is 0 Å². The predicted molar refractivity (Wildman–Crippen MR) is 101 cm³/mol. The van der Waals surface area contributed by atoms with E-state index in [-0.39, 0.29) is 5.91 Å². The Labute approximate surface area is 155 Å². The first-order valence-electron chi connectivity index (χ1n) is 8.06. The first-order valence-corrected chi connectivity index (χ1v) is 9.26. The fourth-order valence-corrected chi connectivity index (χ4v) is 4.38. The summed E-state index contributed by atoms with van der Waals surface area (Å²) in [6, 6.07) is 7.28. The molecule has 4 nitrogen and oxygen atoms in total. The third-order valence-electron chi connectivity index (χ3n) is 4.12. The smallest absolute Gasteiger partial charge is 0.341 e. The number of hydrogen-bond acceptors (Lipinski definition) is 4. The van der Waals surface area contributed by atoms with Gasteiger partial charge in [-0.2, -0.15) is 0 Å². The molecule has 0 aliphatic heterocycles. The summed E-state index contributed by atoms with van der Waals surface area (Å²) in [4.78, 5) is 25.6. The van der Waals surface area contributed by atoms with Gasteiger partial charge in [-0.3, -0.25) is 4.79 Å². The fraction of sp³-hybridized carbons (Fsp3) is 0.263. The summed E-state index contributed by atoms with van der Waals surface area (Å²) in [6.45, 7) is 0. The van der Waals surface area contributed by atoms with Crippen molar-refractivity contribution in [2.45, 2.75) is 25.7 Å². The molecule has 0 unspecified atom stereocenters. The van der Waals surface area contributed by atoms with Crippen molar-refractivity contribution in [3.63, 3.8) is 0 Å². The van der Waals surface area contributed by atoms with Crippen LogP contribution in [0.15, 0.2) is 30.3 Å². The third-order valence-corrected chi connectivity index (χ3v) is 5.67. The molecule has 0 bridgehead atoms. The first-order chi connectivity index (χ1) is 12.1. The van der Waals surface area contributed by atoms with Gasteiger partial charge in [0.05, 0.1) is 12.7 Å². The largest absolute Gasteiger partial charge is 0.465 e. The number of halogens is 1. The number of carbonyl (C=O) groups is 2. The molecule has 0 fully saturated rings. The van der Waals surface area contributed by atoms with Crippen molar-refractivity contribution >= 4 is 45.9 Å². The van der Waals surface area contributed by atoms with Crippen LogP contribution in [0.2, 0.25) is 5.02 Å². The zero-order valence-electron chi connectivity index (χ0n) is 13.8. The molecular formula is C19H18ClNO3S. The van der Waals surface area contributed by atoms with Crippen molar-refractivity contribution in [1.82, 2.24) is 0 Å². The molecule has 0 radical (unpaired) electrons. The average Bonchev–Trinajstić information content (AvgIpc) is 2.98. The highest BCUT2D eigenvalue weighted by Gasteiger charge is 2.26. The number of amides is 1. The van der Waals surface area contributed by atoms with Gasteiger partial charge in [0, 0.05) is 16.0 Å². The van der Waals surface area contributed by atoms with Gasteiger partial charge in [-0.25, -0.2) is 4.79 Å². The number of nitrogens with one attached hydrogen (secondary N) is 1. The van der Waals surface area contributed by atoms with Crippen molar-refractivity contribution in [2.75, 3.05) is 12.4 Å². The number of hydrogen-bond donors (Lipinski definition) is 1. The van der Waals surface area contributed by atoms with Crippen molar-refractivity contribution in [3.05, 3.63) is 56.9 Å². The van der Waals surface area contributed by atoms with Crippen LogP contribution >= 0.6 is 22.9 Å². The van der Waals surface area contributed by atoms with E-state index in [1.165, 1.54) is 24.5 Å². The molecular weight excluding hydrogens is 358 g/mol. The van der Waals surface area contributed by atoms with Gasteiger partial charge < -0.3 is 10.1 Å². The molecule has 0 atom stereocenters. The summed E-state index contributed by atoms with van der Waals surface area (Å²) in [6.07, 6.45) is 7.02. The van der Waals surface area contributed by atoms with E-state index in [1.807, 2.05) is 18.2 Å². The summed E-state index contributed by atoms with van der Waals surface area (Å²) < 4.78 is 4.91. The molecule has 1 heterocycles. The van der Waals surface area contributed by atoms with Crippen LogP contribution in [0.25, 0.3) is 6.08 Å². The van der Waals surface area contributed by atoms with Crippen LogP contribution in [0, 0.1) is 0 Å². The Bertz CT molecular complexity index is 841. The second-order valence-corrected chi connectivity index (χ2v) is 7.26. The lowest BCUT2D eigenvalue weighted by Crippen LogP contribution is -2.13. The minimum atomic E-state index is -0.398. The molecule has 1 aliphatic carbocycles. The lowest BCUT2D eigenvalue weighted by Gasteiger charge is -2.11. The van der Waals surface area contributed by atoms with Gasteiger partial charge in [-0.05, 0) is 49.0 Å². The maximum absolute atomic E-state index is 12.3. The topological polar surface area (TPSA) is 55.4 Å². The van der Waals surface area contributed by atoms with Gasteiger partial charge >= 0.3 is 5.97 Å². The summed E-state index contributed by atoms with van der Waals surface area (Å²) in [5.41, 5.74) is 2.29. The molecule has 1 aromatic heterocycles.